The van der Waals surface area contributed by atoms with Gasteiger partial charge < -0.3 is 4.90 Å². The molecule has 0 spiro atoms. The number of fused-ring (bicyclic) bond motifs is 2. The van der Waals surface area contributed by atoms with Crippen molar-refractivity contribution in [3.05, 3.63) is 96.1 Å². The highest BCUT2D eigenvalue weighted by Crippen LogP contribution is 2.44. The second-order valence-electron chi connectivity index (χ2n) is 8.10. The molecule has 0 radical (unpaired) electrons. The number of rotatable bonds is 4. The molecular formula is C27H28N2S. The molecule has 152 valence electrons. The molecule has 3 aromatic carbocycles. The van der Waals surface area contributed by atoms with E-state index in [0.29, 0.717) is 6.04 Å². The Morgan fingerprint density at radius 3 is 2.33 bits per heavy atom. The predicted octanol–water partition coefficient (Wildman–Crippen LogP) is 6.61. The molecule has 0 aliphatic carbocycles. The molecule has 0 atom stereocenters. The molecule has 0 amide bonds. The quantitative estimate of drug-likeness (QED) is 0.476. The van der Waals surface area contributed by atoms with Crippen LogP contribution in [-0.4, -0.2) is 30.6 Å². The summed E-state index contributed by atoms with van der Waals surface area (Å²) in [6.07, 6.45) is 6.95. The van der Waals surface area contributed by atoms with Crippen molar-refractivity contribution in [1.29, 1.82) is 0 Å². The van der Waals surface area contributed by atoms with Crippen LogP contribution in [0.5, 0.6) is 0 Å². The van der Waals surface area contributed by atoms with Crippen molar-refractivity contribution in [3.8, 4) is 0 Å². The molecule has 2 nitrogen and oxygen atoms in total. The monoisotopic (exact) mass is 412 g/mol. The van der Waals surface area contributed by atoms with Gasteiger partial charge in [-0.3, -0.25) is 4.90 Å². The molecule has 2 aliphatic heterocycles. The maximum atomic E-state index is 2.64. The predicted molar refractivity (Wildman–Crippen MR) is 130 cm³/mol. The van der Waals surface area contributed by atoms with E-state index in [0.717, 1.165) is 25.4 Å². The standard InChI is InChI=1S/C27H28N2S/c1-2-9-22(10-3-1)11-8-18-28-19-16-24(17-20-28)29-25-13-5-4-12-23(25)21-30-27-15-7-6-14-26(27)29/h1-15,24H,16-21H2. The van der Waals surface area contributed by atoms with Crippen LogP contribution in [0, 0.1) is 0 Å². The molecular weight excluding hydrogens is 384 g/mol. The van der Waals surface area contributed by atoms with Crippen LogP contribution < -0.4 is 4.90 Å². The van der Waals surface area contributed by atoms with Crippen LogP contribution in [0.2, 0.25) is 0 Å². The maximum absolute atomic E-state index is 2.64. The fourth-order valence-electron chi connectivity index (χ4n) is 4.59. The van der Waals surface area contributed by atoms with Gasteiger partial charge in [0.05, 0.1) is 5.69 Å². The summed E-state index contributed by atoms with van der Waals surface area (Å²) >= 11 is 1.97. The third-order valence-corrected chi connectivity index (χ3v) is 7.27. The minimum absolute atomic E-state index is 0.556. The Morgan fingerprint density at radius 1 is 0.800 bits per heavy atom. The summed E-state index contributed by atoms with van der Waals surface area (Å²) in [5.74, 6) is 1.05. The number of anilines is 2. The summed E-state index contributed by atoms with van der Waals surface area (Å²) in [6, 6.07) is 29.1. The van der Waals surface area contributed by atoms with Gasteiger partial charge in [-0.15, -0.1) is 11.8 Å². The van der Waals surface area contributed by atoms with E-state index in [-0.39, 0.29) is 0 Å². The number of piperidine rings is 1. The highest BCUT2D eigenvalue weighted by atomic mass is 32.2. The average molecular weight is 413 g/mol. The van der Waals surface area contributed by atoms with Gasteiger partial charge in [0.25, 0.3) is 0 Å². The van der Waals surface area contributed by atoms with Gasteiger partial charge in [-0.1, -0.05) is 72.8 Å². The number of para-hydroxylation sites is 2. The van der Waals surface area contributed by atoms with E-state index < -0.39 is 0 Å². The summed E-state index contributed by atoms with van der Waals surface area (Å²) in [5, 5.41) is 0. The molecule has 0 N–H and O–H groups in total. The van der Waals surface area contributed by atoms with Crippen LogP contribution in [0.3, 0.4) is 0 Å². The van der Waals surface area contributed by atoms with E-state index in [2.05, 4.69) is 101 Å². The van der Waals surface area contributed by atoms with Crippen molar-refractivity contribution in [2.75, 3.05) is 24.5 Å². The molecule has 2 aliphatic rings. The lowest BCUT2D eigenvalue weighted by atomic mass is 10.00. The van der Waals surface area contributed by atoms with Gasteiger partial charge >= 0.3 is 0 Å². The number of hydrogen-bond acceptors (Lipinski definition) is 3. The molecule has 1 fully saturated rings. The van der Waals surface area contributed by atoms with E-state index in [1.807, 2.05) is 11.8 Å². The number of hydrogen-bond donors (Lipinski definition) is 0. The Kier molecular flexibility index (Phi) is 5.91. The topological polar surface area (TPSA) is 6.48 Å². The third kappa shape index (κ3) is 4.19. The third-order valence-electron chi connectivity index (χ3n) is 6.15. The lowest BCUT2D eigenvalue weighted by molar-refractivity contribution is 0.233. The second-order valence-corrected chi connectivity index (χ2v) is 9.12. The van der Waals surface area contributed by atoms with Crippen LogP contribution in [0.25, 0.3) is 6.08 Å². The number of benzene rings is 3. The van der Waals surface area contributed by atoms with Crippen molar-refractivity contribution in [2.45, 2.75) is 29.5 Å². The molecule has 3 heteroatoms. The molecule has 30 heavy (non-hydrogen) atoms. The van der Waals surface area contributed by atoms with Crippen molar-refractivity contribution >= 4 is 29.2 Å². The summed E-state index contributed by atoms with van der Waals surface area (Å²) in [7, 11) is 0. The molecule has 1 saturated heterocycles. The van der Waals surface area contributed by atoms with Crippen molar-refractivity contribution in [3.63, 3.8) is 0 Å². The Hall–Kier alpha value is -2.49. The van der Waals surface area contributed by atoms with Gasteiger partial charge in [0.2, 0.25) is 0 Å². The largest absolute Gasteiger partial charge is 0.337 e. The van der Waals surface area contributed by atoms with E-state index in [9.17, 15) is 0 Å². The molecule has 3 aromatic rings. The SMILES string of the molecule is C(=Cc1ccccc1)CN1CCC(N2c3ccccc3CSc3ccccc32)CC1. The first kappa shape index (κ1) is 19.5. The zero-order chi connectivity index (χ0) is 20.2. The van der Waals surface area contributed by atoms with Gasteiger partial charge in [-0.25, -0.2) is 0 Å². The first-order chi connectivity index (χ1) is 14.9. The fourth-order valence-corrected chi connectivity index (χ4v) is 5.63. The van der Waals surface area contributed by atoms with Crippen LogP contribution in [0.4, 0.5) is 11.4 Å². The summed E-state index contributed by atoms with van der Waals surface area (Å²) in [5.41, 5.74) is 5.52. The Labute approximate surface area is 184 Å². The zero-order valence-corrected chi connectivity index (χ0v) is 18.1. The molecule has 0 unspecified atom stereocenters. The Bertz CT molecular complexity index is 959. The highest BCUT2D eigenvalue weighted by Gasteiger charge is 2.29. The lowest BCUT2D eigenvalue weighted by Gasteiger charge is -2.40. The van der Waals surface area contributed by atoms with Crippen molar-refractivity contribution < 1.29 is 0 Å². The normalized spacial score (nSPS) is 17.5. The lowest BCUT2D eigenvalue weighted by Crippen LogP contribution is -2.43. The smallest absolute Gasteiger partial charge is 0.0551 e. The van der Waals surface area contributed by atoms with Crippen LogP contribution in [0.15, 0.2) is 89.8 Å². The number of nitrogens with zero attached hydrogens (tertiary/aromatic N) is 2. The number of thioether (sulfide) groups is 1. The minimum atomic E-state index is 0.556. The van der Waals surface area contributed by atoms with Crippen LogP contribution in [0.1, 0.15) is 24.0 Å². The van der Waals surface area contributed by atoms with Crippen molar-refractivity contribution in [1.82, 2.24) is 4.90 Å². The Morgan fingerprint density at radius 2 is 1.50 bits per heavy atom. The van der Waals surface area contributed by atoms with Crippen molar-refractivity contribution in [2.24, 2.45) is 0 Å². The first-order valence-electron chi connectivity index (χ1n) is 10.9. The Balaban J connectivity index is 1.31. The first-order valence-corrected chi connectivity index (χ1v) is 11.9. The summed E-state index contributed by atoms with van der Waals surface area (Å²) in [4.78, 5) is 6.63. The summed E-state index contributed by atoms with van der Waals surface area (Å²) < 4.78 is 0. The van der Waals surface area contributed by atoms with Crippen LogP contribution >= 0.6 is 11.8 Å². The molecule has 2 heterocycles. The number of likely N-dealkylation sites (tertiary alicyclic amines) is 1. The second kappa shape index (κ2) is 9.11. The zero-order valence-electron chi connectivity index (χ0n) is 17.3. The van der Waals surface area contributed by atoms with Gasteiger partial charge in [0.15, 0.2) is 0 Å². The minimum Gasteiger partial charge on any atom is -0.337 e. The summed E-state index contributed by atoms with van der Waals surface area (Å²) in [6.45, 7) is 3.33. The molecule has 0 aromatic heterocycles. The fraction of sp³-hybridized carbons (Fsp3) is 0.259. The van der Waals surface area contributed by atoms with Gasteiger partial charge in [-0.05, 0) is 42.2 Å². The van der Waals surface area contributed by atoms with Crippen LogP contribution in [-0.2, 0) is 5.75 Å². The average Bonchev–Trinajstić information content (AvgIpc) is 2.97. The van der Waals surface area contributed by atoms with E-state index in [1.165, 1.54) is 40.2 Å². The van der Waals surface area contributed by atoms with E-state index in [1.54, 1.807) is 0 Å². The molecule has 0 bridgehead atoms. The van der Waals surface area contributed by atoms with Gasteiger partial charge in [-0.2, -0.15) is 0 Å². The van der Waals surface area contributed by atoms with E-state index >= 15 is 0 Å². The maximum Gasteiger partial charge on any atom is 0.0551 e. The highest BCUT2D eigenvalue weighted by molar-refractivity contribution is 7.98. The molecule has 5 rings (SSSR count). The van der Waals surface area contributed by atoms with Gasteiger partial charge in [0.1, 0.15) is 0 Å². The van der Waals surface area contributed by atoms with Gasteiger partial charge in [0, 0.05) is 42.0 Å². The molecule has 0 saturated carbocycles. The van der Waals surface area contributed by atoms with E-state index in [4.69, 9.17) is 0 Å².